The van der Waals surface area contributed by atoms with Crippen LogP contribution < -0.4 is 5.32 Å². The van der Waals surface area contributed by atoms with E-state index in [0.29, 0.717) is 0 Å². The predicted octanol–water partition coefficient (Wildman–Crippen LogP) is 2.20. The summed E-state index contributed by atoms with van der Waals surface area (Å²) in [6.07, 6.45) is 5.08. The lowest BCUT2D eigenvalue weighted by Gasteiger charge is -2.09. The van der Waals surface area contributed by atoms with Crippen molar-refractivity contribution in [1.82, 2.24) is 5.32 Å². The highest BCUT2D eigenvalue weighted by atomic mass is 15.0. The van der Waals surface area contributed by atoms with Crippen LogP contribution in [0.15, 0.2) is 4.99 Å². The van der Waals surface area contributed by atoms with Crippen molar-refractivity contribution < 1.29 is 0 Å². The van der Waals surface area contributed by atoms with Crippen molar-refractivity contribution in [1.29, 1.82) is 0 Å². The van der Waals surface area contributed by atoms with Gasteiger partial charge in [0, 0.05) is 19.5 Å². The molecule has 0 fully saturated rings. The van der Waals surface area contributed by atoms with Gasteiger partial charge in [0.05, 0.1) is 5.84 Å². The molecule has 12 heavy (non-hydrogen) atoms. The molecule has 1 heterocycles. The average Bonchev–Trinajstić information content (AvgIpc) is 2.28. The van der Waals surface area contributed by atoms with E-state index in [9.17, 15) is 0 Å². The molecule has 1 aliphatic heterocycles. The van der Waals surface area contributed by atoms with Gasteiger partial charge < -0.3 is 5.32 Å². The Kier molecular flexibility index (Phi) is 4.12. The van der Waals surface area contributed by atoms with E-state index in [0.717, 1.165) is 25.4 Å². The van der Waals surface area contributed by atoms with Crippen molar-refractivity contribution in [3.8, 4) is 0 Å². The summed E-state index contributed by atoms with van der Waals surface area (Å²) in [5.74, 6) is 1.96. The Morgan fingerprint density at radius 3 is 2.92 bits per heavy atom. The zero-order valence-corrected chi connectivity index (χ0v) is 8.27. The van der Waals surface area contributed by atoms with Gasteiger partial charge in [-0.1, -0.05) is 20.3 Å². The quantitative estimate of drug-likeness (QED) is 0.671. The summed E-state index contributed by atoms with van der Waals surface area (Å²) in [6, 6.07) is 0. The molecular formula is C10H20N2. The third-order valence-corrected chi connectivity index (χ3v) is 2.09. The van der Waals surface area contributed by atoms with Gasteiger partial charge in [-0.25, -0.2) is 0 Å². The molecule has 0 aromatic carbocycles. The minimum Gasteiger partial charge on any atom is -0.374 e. The maximum atomic E-state index is 4.50. The Bertz CT molecular complexity index is 150. The van der Waals surface area contributed by atoms with Crippen LogP contribution in [0, 0.1) is 5.92 Å². The number of hydrogen-bond acceptors (Lipinski definition) is 2. The summed E-state index contributed by atoms with van der Waals surface area (Å²) in [5, 5.41) is 3.41. The normalized spacial score (nSPS) is 18.8. The van der Waals surface area contributed by atoms with E-state index >= 15 is 0 Å². The molecule has 1 aliphatic rings. The van der Waals surface area contributed by atoms with E-state index in [1.807, 2.05) is 0 Å². The maximum Gasteiger partial charge on any atom is 0.0963 e. The molecule has 0 aromatic heterocycles. The molecule has 0 amide bonds. The lowest BCUT2D eigenvalue weighted by molar-refractivity contribution is 0.619. The second-order valence-electron chi connectivity index (χ2n) is 3.91. The van der Waals surface area contributed by atoms with Crippen LogP contribution in [0.3, 0.4) is 0 Å². The number of rotatable bonds is 2. The number of hydrogen-bond donors (Lipinski definition) is 1. The van der Waals surface area contributed by atoms with E-state index in [1.165, 1.54) is 25.1 Å². The first kappa shape index (κ1) is 9.56. The zero-order valence-electron chi connectivity index (χ0n) is 8.27. The number of nitrogens with zero attached hydrogens (tertiary/aromatic N) is 1. The van der Waals surface area contributed by atoms with Crippen molar-refractivity contribution >= 4 is 5.84 Å². The summed E-state index contributed by atoms with van der Waals surface area (Å²) in [7, 11) is 0. The van der Waals surface area contributed by atoms with Gasteiger partial charge in [-0.05, 0) is 18.8 Å². The topological polar surface area (TPSA) is 24.4 Å². The summed E-state index contributed by atoms with van der Waals surface area (Å²) in [6.45, 7) is 6.55. The van der Waals surface area contributed by atoms with Gasteiger partial charge in [-0.2, -0.15) is 0 Å². The zero-order chi connectivity index (χ0) is 8.81. The minimum absolute atomic E-state index is 0.718. The Morgan fingerprint density at radius 1 is 1.33 bits per heavy atom. The van der Waals surface area contributed by atoms with Crippen LogP contribution in [-0.4, -0.2) is 18.9 Å². The summed E-state index contributed by atoms with van der Waals surface area (Å²) in [5.41, 5.74) is 0. The molecule has 0 saturated carbocycles. The first-order valence-corrected chi connectivity index (χ1v) is 5.06. The van der Waals surface area contributed by atoms with Crippen LogP contribution in [-0.2, 0) is 0 Å². The molecule has 70 valence electrons. The van der Waals surface area contributed by atoms with Gasteiger partial charge in [0.25, 0.3) is 0 Å². The van der Waals surface area contributed by atoms with Gasteiger partial charge in [-0.15, -0.1) is 0 Å². The Hall–Kier alpha value is -0.530. The molecule has 0 atom stereocenters. The lowest BCUT2D eigenvalue weighted by atomic mass is 10.2. The van der Waals surface area contributed by atoms with Crippen LogP contribution in [0.25, 0.3) is 0 Å². The van der Waals surface area contributed by atoms with Crippen LogP contribution >= 0.6 is 0 Å². The fourth-order valence-corrected chi connectivity index (χ4v) is 1.34. The molecule has 0 radical (unpaired) electrons. The summed E-state index contributed by atoms with van der Waals surface area (Å²) < 4.78 is 0. The standard InChI is InChI=1S/C10H20N2/c1-9(2)8-12-10-6-4-3-5-7-11-10/h9H,3-8H2,1-2H3,(H,11,12). The summed E-state index contributed by atoms with van der Waals surface area (Å²) >= 11 is 0. The van der Waals surface area contributed by atoms with Crippen molar-refractivity contribution in [2.75, 3.05) is 13.1 Å². The number of aliphatic imine (C=N–C) groups is 1. The fraction of sp³-hybridized carbons (Fsp3) is 0.900. The van der Waals surface area contributed by atoms with E-state index in [1.54, 1.807) is 0 Å². The second-order valence-corrected chi connectivity index (χ2v) is 3.91. The molecule has 1 N–H and O–H groups in total. The van der Waals surface area contributed by atoms with Crippen LogP contribution in [0.1, 0.15) is 39.5 Å². The average molecular weight is 168 g/mol. The lowest BCUT2D eigenvalue weighted by Crippen LogP contribution is -2.27. The molecule has 0 spiro atoms. The monoisotopic (exact) mass is 168 g/mol. The third-order valence-electron chi connectivity index (χ3n) is 2.09. The van der Waals surface area contributed by atoms with Crippen LogP contribution in [0.2, 0.25) is 0 Å². The summed E-state index contributed by atoms with van der Waals surface area (Å²) in [4.78, 5) is 4.50. The SMILES string of the molecule is CC(C)CNC1=NCCCCC1. The highest BCUT2D eigenvalue weighted by Gasteiger charge is 2.03. The van der Waals surface area contributed by atoms with E-state index < -0.39 is 0 Å². The highest BCUT2D eigenvalue weighted by Crippen LogP contribution is 2.06. The smallest absolute Gasteiger partial charge is 0.0963 e. The molecule has 0 saturated heterocycles. The molecule has 0 aliphatic carbocycles. The van der Waals surface area contributed by atoms with E-state index in [2.05, 4.69) is 24.2 Å². The van der Waals surface area contributed by atoms with Gasteiger partial charge in [0.15, 0.2) is 0 Å². The maximum absolute atomic E-state index is 4.50. The fourth-order valence-electron chi connectivity index (χ4n) is 1.34. The number of nitrogens with one attached hydrogen (secondary N) is 1. The van der Waals surface area contributed by atoms with Gasteiger partial charge >= 0.3 is 0 Å². The van der Waals surface area contributed by atoms with Gasteiger partial charge in [0.2, 0.25) is 0 Å². The van der Waals surface area contributed by atoms with Crippen molar-refractivity contribution in [2.45, 2.75) is 39.5 Å². The second kappa shape index (κ2) is 5.18. The first-order valence-electron chi connectivity index (χ1n) is 5.06. The Morgan fingerprint density at radius 2 is 2.17 bits per heavy atom. The molecule has 1 rings (SSSR count). The predicted molar refractivity (Wildman–Crippen MR) is 53.6 cm³/mol. The largest absolute Gasteiger partial charge is 0.374 e. The minimum atomic E-state index is 0.718. The van der Waals surface area contributed by atoms with Crippen LogP contribution in [0.5, 0.6) is 0 Å². The van der Waals surface area contributed by atoms with E-state index in [-0.39, 0.29) is 0 Å². The third kappa shape index (κ3) is 3.74. The molecule has 0 unspecified atom stereocenters. The van der Waals surface area contributed by atoms with Gasteiger partial charge in [-0.3, -0.25) is 4.99 Å². The molecule has 2 nitrogen and oxygen atoms in total. The van der Waals surface area contributed by atoms with Gasteiger partial charge in [0.1, 0.15) is 0 Å². The van der Waals surface area contributed by atoms with Crippen molar-refractivity contribution in [2.24, 2.45) is 10.9 Å². The Labute approximate surface area is 75.5 Å². The molecule has 2 heteroatoms. The molecule has 0 bridgehead atoms. The Balaban J connectivity index is 2.24. The van der Waals surface area contributed by atoms with E-state index in [4.69, 9.17) is 0 Å². The van der Waals surface area contributed by atoms with Crippen molar-refractivity contribution in [3.05, 3.63) is 0 Å². The molecular weight excluding hydrogens is 148 g/mol. The number of amidine groups is 1. The molecule has 0 aromatic rings. The van der Waals surface area contributed by atoms with Crippen molar-refractivity contribution in [3.63, 3.8) is 0 Å². The highest BCUT2D eigenvalue weighted by molar-refractivity contribution is 5.82. The van der Waals surface area contributed by atoms with Crippen LogP contribution in [0.4, 0.5) is 0 Å². The first-order chi connectivity index (χ1) is 5.79.